The van der Waals surface area contributed by atoms with Crippen molar-refractivity contribution in [1.82, 2.24) is 10.2 Å². The summed E-state index contributed by atoms with van der Waals surface area (Å²) in [5.41, 5.74) is 1.43. The SMILES string of the molecule is CCCN(C(=O)C(Cc1ccccc1)NC(=O)OC(C)(C)C)C(C(=O)Nc1c(C)cccc1Cl)c1ccccc1O. The van der Waals surface area contributed by atoms with E-state index in [2.05, 4.69) is 10.6 Å². The largest absolute Gasteiger partial charge is 0.508 e. The predicted octanol–water partition coefficient (Wildman–Crippen LogP) is 6.41. The van der Waals surface area contributed by atoms with Crippen molar-refractivity contribution >= 4 is 35.2 Å². The Balaban J connectivity index is 2.07. The molecule has 3 rings (SSSR count). The molecule has 3 amide bonds. The van der Waals surface area contributed by atoms with Crippen molar-refractivity contribution in [3.05, 3.63) is 94.5 Å². The van der Waals surface area contributed by atoms with Crippen LogP contribution < -0.4 is 10.6 Å². The first-order valence-electron chi connectivity index (χ1n) is 13.6. The van der Waals surface area contributed by atoms with Crippen molar-refractivity contribution in [2.24, 2.45) is 0 Å². The van der Waals surface area contributed by atoms with Crippen LogP contribution in [-0.2, 0) is 20.7 Å². The third kappa shape index (κ3) is 8.72. The van der Waals surface area contributed by atoms with Gasteiger partial charge in [-0.2, -0.15) is 0 Å². The number of para-hydroxylation sites is 2. The maximum atomic E-state index is 14.3. The summed E-state index contributed by atoms with van der Waals surface area (Å²) in [4.78, 5) is 42.6. The maximum absolute atomic E-state index is 14.3. The number of benzene rings is 3. The molecule has 0 radical (unpaired) electrons. The second kappa shape index (κ2) is 14.0. The van der Waals surface area contributed by atoms with Gasteiger partial charge in [-0.1, -0.05) is 79.2 Å². The third-order valence-corrected chi connectivity index (χ3v) is 6.60. The number of carbonyl (C=O) groups is 3. The van der Waals surface area contributed by atoms with Gasteiger partial charge in [-0.25, -0.2) is 4.79 Å². The van der Waals surface area contributed by atoms with E-state index in [1.54, 1.807) is 51.1 Å². The summed E-state index contributed by atoms with van der Waals surface area (Å²) < 4.78 is 5.46. The number of aryl methyl sites for hydroxylation is 1. The standard InChI is InChI=1S/C32H38ClN3O5/c1-6-19-36(30(39)25(20-22-14-8-7-9-15-22)34-31(40)41-32(3,4)5)28(23-16-10-11-18-26(23)37)29(38)35-27-21(2)13-12-17-24(27)33/h7-18,25,28,37H,6,19-20H2,1-5H3,(H,34,40)(H,35,38). The highest BCUT2D eigenvalue weighted by Gasteiger charge is 2.37. The van der Waals surface area contributed by atoms with Gasteiger partial charge < -0.3 is 25.4 Å². The lowest BCUT2D eigenvalue weighted by atomic mass is 9.99. The zero-order valence-electron chi connectivity index (χ0n) is 24.1. The first kappa shape index (κ1) is 31.5. The average Bonchev–Trinajstić information content (AvgIpc) is 2.90. The molecule has 218 valence electrons. The van der Waals surface area contributed by atoms with Crippen LogP contribution in [0.3, 0.4) is 0 Å². The van der Waals surface area contributed by atoms with Crippen LogP contribution in [0.5, 0.6) is 5.75 Å². The maximum Gasteiger partial charge on any atom is 0.408 e. The number of alkyl carbamates (subject to hydrolysis) is 1. The van der Waals surface area contributed by atoms with E-state index in [-0.39, 0.29) is 24.3 Å². The molecule has 9 heteroatoms. The number of carbonyl (C=O) groups excluding carboxylic acids is 3. The molecule has 0 bridgehead atoms. The molecule has 0 saturated carbocycles. The van der Waals surface area contributed by atoms with Crippen LogP contribution in [0.1, 0.15) is 56.8 Å². The summed E-state index contributed by atoms with van der Waals surface area (Å²) in [6.07, 6.45) is -0.0742. The van der Waals surface area contributed by atoms with Crippen LogP contribution in [0.4, 0.5) is 10.5 Å². The molecule has 2 atom stereocenters. The molecule has 0 heterocycles. The van der Waals surface area contributed by atoms with Gasteiger partial charge in [0.1, 0.15) is 23.4 Å². The van der Waals surface area contributed by atoms with Gasteiger partial charge in [-0.15, -0.1) is 0 Å². The summed E-state index contributed by atoms with van der Waals surface area (Å²) in [6, 6.07) is 18.6. The highest BCUT2D eigenvalue weighted by atomic mass is 35.5. The molecule has 3 N–H and O–H groups in total. The molecule has 2 unspecified atom stereocenters. The number of anilines is 1. The van der Waals surface area contributed by atoms with E-state index < -0.39 is 35.6 Å². The van der Waals surface area contributed by atoms with Gasteiger partial charge in [-0.05, 0) is 57.4 Å². The first-order valence-corrected chi connectivity index (χ1v) is 14.0. The smallest absolute Gasteiger partial charge is 0.408 e. The molecule has 3 aromatic rings. The van der Waals surface area contributed by atoms with Crippen LogP contribution >= 0.6 is 11.6 Å². The molecule has 8 nitrogen and oxygen atoms in total. The van der Waals surface area contributed by atoms with Crippen LogP contribution in [0.15, 0.2) is 72.8 Å². The Morgan fingerprint density at radius 2 is 1.63 bits per heavy atom. The molecule has 0 fully saturated rings. The van der Waals surface area contributed by atoms with Crippen molar-refractivity contribution in [1.29, 1.82) is 0 Å². The van der Waals surface area contributed by atoms with E-state index in [1.807, 2.05) is 50.2 Å². The summed E-state index contributed by atoms with van der Waals surface area (Å²) in [6.45, 7) is 9.07. The number of hydrogen-bond acceptors (Lipinski definition) is 5. The first-order chi connectivity index (χ1) is 19.4. The molecular weight excluding hydrogens is 542 g/mol. The number of phenols is 1. The van der Waals surface area contributed by atoms with Gasteiger partial charge in [0.2, 0.25) is 5.91 Å². The van der Waals surface area contributed by atoms with E-state index in [9.17, 15) is 19.5 Å². The molecule has 3 aromatic carbocycles. The van der Waals surface area contributed by atoms with Crippen LogP contribution in [0.2, 0.25) is 5.02 Å². The monoisotopic (exact) mass is 579 g/mol. The molecule has 0 spiro atoms. The fourth-order valence-corrected chi connectivity index (χ4v) is 4.73. The summed E-state index contributed by atoms with van der Waals surface area (Å²) in [5.74, 6) is -1.20. The molecule has 41 heavy (non-hydrogen) atoms. The summed E-state index contributed by atoms with van der Waals surface area (Å²) in [7, 11) is 0. The molecule has 0 aromatic heterocycles. The van der Waals surface area contributed by atoms with E-state index in [0.717, 1.165) is 11.1 Å². The fraction of sp³-hybridized carbons (Fsp3) is 0.344. The number of rotatable bonds is 10. The van der Waals surface area contributed by atoms with Gasteiger partial charge in [0, 0.05) is 18.5 Å². The number of aromatic hydroxyl groups is 1. The Labute approximate surface area is 246 Å². The number of amides is 3. The topological polar surface area (TPSA) is 108 Å². The summed E-state index contributed by atoms with van der Waals surface area (Å²) in [5, 5.41) is 16.8. The van der Waals surface area contributed by atoms with Crippen LogP contribution in [0.25, 0.3) is 0 Å². The molecule has 0 saturated heterocycles. The number of ether oxygens (including phenoxy) is 1. The average molecular weight is 580 g/mol. The molecule has 0 aliphatic heterocycles. The van der Waals surface area contributed by atoms with Crippen molar-refractivity contribution in [3.63, 3.8) is 0 Å². The van der Waals surface area contributed by atoms with Gasteiger partial charge in [-0.3, -0.25) is 9.59 Å². The third-order valence-electron chi connectivity index (χ3n) is 6.28. The Morgan fingerprint density at radius 3 is 2.24 bits per heavy atom. The highest BCUT2D eigenvalue weighted by Crippen LogP contribution is 2.33. The minimum atomic E-state index is -1.22. The lowest BCUT2D eigenvalue weighted by Crippen LogP contribution is -2.53. The quantitative estimate of drug-likeness (QED) is 0.257. The predicted molar refractivity (Wildman–Crippen MR) is 161 cm³/mol. The van der Waals surface area contributed by atoms with Crippen LogP contribution in [0, 0.1) is 6.92 Å². The zero-order valence-corrected chi connectivity index (χ0v) is 24.9. The van der Waals surface area contributed by atoms with Crippen LogP contribution in [-0.4, -0.2) is 46.1 Å². The zero-order chi connectivity index (χ0) is 30.2. The number of halogens is 1. The van der Waals surface area contributed by atoms with Gasteiger partial charge in [0.25, 0.3) is 5.91 Å². The van der Waals surface area contributed by atoms with E-state index in [1.165, 1.54) is 11.0 Å². The second-order valence-electron chi connectivity index (χ2n) is 10.8. The lowest BCUT2D eigenvalue weighted by molar-refractivity contribution is -0.140. The summed E-state index contributed by atoms with van der Waals surface area (Å²) >= 11 is 6.40. The van der Waals surface area contributed by atoms with E-state index in [0.29, 0.717) is 17.1 Å². The Hall–Kier alpha value is -4.04. The Morgan fingerprint density at radius 1 is 0.976 bits per heavy atom. The second-order valence-corrected chi connectivity index (χ2v) is 11.2. The van der Waals surface area contributed by atoms with Crippen molar-refractivity contribution in [2.45, 2.75) is 65.1 Å². The normalized spacial score (nSPS) is 12.6. The lowest BCUT2D eigenvalue weighted by Gasteiger charge is -2.34. The van der Waals surface area contributed by atoms with Crippen molar-refractivity contribution in [2.75, 3.05) is 11.9 Å². The number of nitrogens with one attached hydrogen (secondary N) is 2. The molecular formula is C32H38ClN3O5. The Bertz CT molecular complexity index is 1340. The molecule has 0 aliphatic rings. The molecule has 0 aliphatic carbocycles. The van der Waals surface area contributed by atoms with E-state index in [4.69, 9.17) is 16.3 Å². The van der Waals surface area contributed by atoms with E-state index >= 15 is 0 Å². The van der Waals surface area contributed by atoms with Gasteiger partial charge >= 0.3 is 6.09 Å². The van der Waals surface area contributed by atoms with Gasteiger partial charge in [0.05, 0.1) is 10.7 Å². The number of hydrogen-bond donors (Lipinski definition) is 3. The minimum absolute atomic E-state index is 0.142. The van der Waals surface area contributed by atoms with Crippen molar-refractivity contribution in [3.8, 4) is 5.75 Å². The Kier molecular flexibility index (Phi) is 10.8. The fourth-order valence-electron chi connectivity index (χ4n) is 4.46. The number of nitrogens with zero attached hydrogens (tertiary/aromatic N) is 1. The minimum Gasteiger partial charge on any atom is -0.508 e. The highest BCUT2D eigenvalue weighted by molar-refractivity contribution is 6.34. The van der Waals surface area contributed by atoms with Gasteiger partial charge in [0.15, 0.2) is 0 Å². The number of phenolic OH excluding ortho intramolecular Hbond substituents is 1. The van der Waals surface area contributed by atoms with Crippen molar-refractivity contribution < 1.29 is 24.2 Å².